The zero-order chi connectivity index (χ0) is 16.2. The zero-order valence-electron chi connectivity index (χ0n) is 13.2. The van der Waals surface area contributed by atoms with E-state index in [9.17, 15) is 4.79 Å². The molecule has 1 fully saturated rings. The van der Waals surface area contributed by atoms with Crippen molar-refractivity contribution in [3.05, 3.63) is 42.1 Å². The van der Waals surface area contributed by atoms with E-state index in [1.165, 1.54) is 0 Å². The van der Waals surface area contributed by atoms with Gasteiger partial charge in [0.05, 0.1) is 13.0 Å². The Kier molecular flexibility index (Phi) is 4.57. The van der Waals surface area contributed by atoms with Crippen molar-refractivity contribution in [1.82, 2.24) is 19.9 Å². The van der Waals surface area contributed by atoms with E-state index < -0.39 is 0 Å². The molecule has 3 rings (SSSR count). The van der Waals surface area contributed by atoms with Crippen LogP contribution in [-0.4, -0.2) is 34.2 Å². The molecule has 122 valence electrons. The molecule has 0 unspecified atom stereocenters. The van der Waals surface area contributed by atoms with Gasteiger partial charge < -0.3 is 19.4 Å². The van der Waals surface area contributed by atoms with E-state index in [4.69, 9.17) is 9.47 Å². The van der Waals surface area contributed by atoms with Gasteiger partial charge in [0.25, 0.3) is 0 Å². The van der Waals surface area contributed by atoms with Crippen LogP contribution in [0.2, 0.25) is 0 Å². The number of pyridine rings is 1. The predicted molar refractivity (Wildman–Crippen MR) is 82.6 cm³/mol. The minimum absolute atomic E-state index is 0.0219. The van der Waals surface area contributed by atoms with Crippen molar-refractivity contribution in [2.75, 3.05) is 13.7 Å². The molecule has 2 aromatic rings. The Morgan fingerprint density at radius 3 is 3.00 bits per heavy atom. The summed E-state index contributed by atoms with van der Waals surface area (Å²) >= 11 is 0. The lowest BCUT2D eigenvalue weighted by atomic mass is 9.99. The monoisotopic (exact) mass is 316 g/mol. The molecule has 2 aromatic heterocycles. The van der Waals surface area contributed by atoms with Crippen LogP contribution >= 0.6 is 0 Å². The Labute approximate surface area is 134 Å². The Balaban J connectivity index is 1.62. The van der Waals surface area contributed by atoms with Crippen LogP contribution in [0.1, 0.15) is 23.9 Å². The van der Waals surface area contributed by atoms with Gasteiger partial charge in [-0.1, -0.05) is 6.07 Å². The largest absolute Gasteiger partial charge is 0.481 e. The van der Waals surface area contributed by atoms with Crippen molar-refractivity contribution in [2.45, 2.75) is 19.1 Å². The summed E-state index contributed by atoms with van der Waals surface area (Å²) < 4.78 is 12.6. The van der Waals surface area contributed by atoms with Crippen LogP contribution in [0.4, 0.5) is 0 Å². The first kappa shape index (κ1) is 15.5. The van der Waals surface area contributed by atoms with Gasteiger partial charge in [-0.2, -0.15) is 0 Å². The second-order valence-electron chi connectivity index (χ2n) is 5.51. The summed E-state index contributed by atoms with van der Waals surface area (Å²) in [6, 6.07) is 3.66. The molecule has 1 saturated heterocycles. The van der Waals surface area contributed by atoms with E-state index in [0.717, 1.165) is 11.4 Å². The lowest BCUT2D eigenvalue weighted by molar-refractivity contribution is -0.127. The predicted octanol–water partition coefficient (Wildman–Crippen LogP) is 1.22. The van der Waals surface area contributed by atoms with Crippen LogP contribution in [0.3, 0.4) is 0 Å². The molecular weight excluding hydrogens is 296 g/mol. The molecule has 3 heterocycles. The number of ether oxygens (including phenoxy) is 2. The smallest absolute Gasteiger partial charge is 0.226 e. The van der Waals surface area contributed by atoms with Crippen LogP contribution < -0.4 is 10.1 Å². The maximum absolute atomic E-state index is 12.5. The SMILES string of the molecule is COc1ccc(CNC(=O)[C@@H]2CCO[C@H]2c2nccn2C)cn1. The maximum Gasteiger partial charge on any atom is 0.226 e. The Morgan fingerprint density at radius 1 is 1.48 bits per heavy atom. The second kappa shape index (κ2) is 6.78. The van der Waals surface area contributed by atoms with Gasteiger partial charge in [-0.3, -0.25) is 4.79 Å². The van der Waals surface area contributed by atoms with E-state index in [1.54, 1.807) is 25.6 Å². The van der Waals surface area contributed by atoms with E-state index >= 15 is 0 Å². The van der Waals surface area contributed by atoms with Crippen molar-refractivity contribution < 1.29 is 14.3 Å². The molecule has 0 aromatic carbocycles. The zero-order valence-corrected chi connectivity index (χ0v) is 13.2. The number of aryl methyl sites for hydroxylation is 1. The minimum Gasteiger partial charge on any atom is -0.481 e. The summed E-state index contributed by atoms with van der Waals surface area (Å²) in [6.45, 7) is 0.999. The molecule has 0 saturated carbocycles. The number of carbonyl (C=O) groups excluding carboxylic acids is 1. The first-order valence-corrected chi connectivity index (χ1v) is 7.54. The maximum atomic E-state index is 12.5. The second-order valence-corrected chi connectivity index (χ2v) is 5.51. The normalized spacial score (nSPS) is 20.4. The van der Waals surface area contributed by atoms with Crippen LogP contribution in [0.5, 0.6) is 5.88 Å². The van der Waals surface area contributed by atoms with Gasteiger partial charge in [0, 0.05) is 44.9 Å². The molecule has 2 atom stereocenters. The topological polar surface area (TPSA) is 78.3 Å². The number of rotatable bonds is 5. The molecular formula is C16H20N4O3. The van der Waals surface area contributed by atoms with Gasteiger partial charge in [-0.15, -0.1) is 0 Å². The molecule has 1 N–H and O–H groups in total. The minimum atomic E-state index is -0.288. The molecule has 1 aliphatic rings. The van der Waals surface area contributed by atoms with E-state index in [2.05, 4.69) is 15.3 Å². The highest BCUT2D eigenvalue weighted by molar-refractivity contribution is 5.79. The lowest BCUT2D eigenvalue weighted by Gasteiger charge is -2.18. The van der Waals surface area contributed by atoms with E-state index in [-0.39, 0.29) is 17.9 Å². The number of carbonyl (C=O) groups is 1. The third-order valence-electron chi connectivity index (χ3n) is 4.01. The number of amides is 1. The fourth-order valence-corrected chi connectivity index (χ4v) is 2.72. The Morgan fingerprint density at radius 2 is 2.35 bits per heavy atom. The van der Waals surface area contributed by atoms with E-state index in [0.29, 0.717) is 25.5 Å². The number of imidazole rings is 1. The quantitative estimate of drug-likeness (QED) is 0.897. The molecule has 7 nitrogen and oxygen atoms in total. The average molecular weight is 316 g/mol. The summed E-state index contributed by atoms with van der Waals surface area (Å²) in [5.74, 6) is 1.10. The first-order chi connectivity index (χ1) is 11.2. The van der Waals surface area contributed by atoms with Gasteiger partial charge in [-0.05, 0) is 12.0 Å². The van der Waals surface area contributed by atoms with Crippen molar-refractivity contribution >= 4 is 5.91 Å². The summed E-state index contributed by atoms with van der Waals surface area (Å²) in [5.41, 5.74) is 0.923. The number of hydrogen-bond donors (Lipinski definition) is 1. The first-order valence-electron chi connectivity index (χ1n) is 7.54. The van der Waals surface area contributed by atoms with Crippen molar-refractivity contribution in [1.29, 1.82) is 0 Å². The van der Waals surface area contributed by atoms with Gasteiger partial charge in [0.1, 0.15) is 11.9 Å². The highest BCUT2D eigenvalue weighted by Gasteiger charge is 2.37. The van der Waals surface area contributed by atoms with Crippen LogP contribution in [0, 0.1) is 5.92 Å². The molecule has 7 heteroatoms. The number of methoxy groups -OCH3 is 1. The third kappa shape index (κ3) is 3.34. The standard InChI is InChI=1S/C16H20N4O3/c1-20-7-6-17-15(20)14-12(5-8-23-14)16(21)19-10-11-3-4-13(22-2)18-9-11/h3-4,6-7,9,12,14H,5,8,10H2,1-2H3,(H,19,21)/t12-,14-/m1/s1. The van der Waals surface area contributed by atoms with Gasteiger partial charge in [-0.25, -0.2) is 9.97 Å². The summed E-state index contributed by atoms with van der Waals surface area (Å²) in [4.78, 5) is 20.9. The van der Waals surface area contributed by atoms with Gasteiger partial charge in [0.15, 0.2) is 0 Å². The van der Waals surface area contributed by atoms with E-state index in [1.807, 2.05) is 23.9 Å². The van der Waals surface area contributed by atoms with Crippen molar-refractivity contribution in [2.24, 2.45) is 13.0 Å². The fourth-order valence-electron chi connectivity index (χ4n) is 2.72. The highest BCUT2D eigenvalue weighted by atomic mass is 16.5. The van der Waals surface area contributed by atoms with Crippen LogP contribution in [0.15, 0.2) is 30.7 Å². The molecule has 0 bridgehead atoms. The number of nitrogens with one attached hydrogen (secondary N) is 1. The highest BCUT2D eigenvalue weighted by Crippen LogP contribution is 2.33. The summed E-state index contributed by atoms with van der Waals surface area (Å²) in [7, 11) is 3.48. The average Bonchev–Trinajstić information content (AvgIpc) is 3.21. The number of aromatic nitrogens is 3. The van der Waals surface area contributed by atoms with Crippen molar-refractivity contribution in [3.8, 4) is 5.88 Å². The number of hydrogen-bond acceptors (Lipinski definition) is 5. The van der Waals surface area contributed by atoms with Gasteiger partial charge >= 0.3 is 0 Å². The fraction of sp³-hybridized carbons (Fsp3) is 0.438. The third-order valence-corrected chi connectivity index (χ3v) is 4.01. The van der Waals surface area contributed by atoms with Crippen LogP contribution in [0.25, 0.3) is 0 Å². The molecule has 0 radical (unpaired) electrons. The summed E-state index contributed by atoms with van der Waals surface area (Å²) in [6.07, 6.45) is 5.68. The van der Waals surface area contributed by atoms with Crippen LogP contribution in [-0.2, 0) is 23.1 Å². The Hall–Kier alpha value is -2.41. The Bertz CT molecular complexity index is 668. The molecule has 23 heavy (non-hydrogen) atoms. The summed E-state index contributed by atoms with van der Waals surface area (Å²) in [5, 5.41) is 2.95. The molecule has 1 aliphatic heterocycles. The molecule has 1 amide bonds. The lowest BCUT2D eigenvalue weighted by Crippen LogP contribution is -2.32. The van der Waals surface area contributed by atoms with Crippen molar-refractivity contribution in [3.63, 3.8) is 0 Å². The molecule has 0 aliphatic carbocycles. The van der Waals surface area contributed by atoms with Gasteiger partial charge in [0.2, 0.25) is 11.8 Å². The molecule has 0 spiro atoms. The number of nitrogens with zero attached hydrogens (tertiary/aromatic N) is 3.